The van der Waals surface area contributed by atoms with Gasteiger partial charge in [0.2, 0.25) is 5.09 Å². The third-order valence-corrected chi connectivity index (χ3v) is 2.72. The molecule has 0 spiro atoms. The van der Waals surface area contributed by atoms with Crippen molar-refractivity contribution in [2.75, 3.05) is 0 Å². The van der Waals surface area contributed by atoms with Gasteiger partial charge in [0, 0.05) is 0 Å². The van der Waals surface area contributed by atoms with Crippen molar-refractivity contribution >= 4 is 17.0 Å². The van der Waals surface area contributed by atoms with E-state index in [4.69, 9.17) is 5.11 Å². The van der Waals surface area contributed by atoms with Crippen molar-refractivity contribution in [3.8, 4) is 0 Å². The van der Waals surface area contributed by atoms with E-state index in [2.05, 4.69) is 4.74 Å². The van der Waals surface area contributed by atoms with Gasteiger partial charge in [-0.3, -0.25) is 0 Å². The molecule has 0 saturated heterocycles. The lowest BCUT2D eigenvalue weighted by molar-refractivity contribution is 0.126. The van der Waals surface area contributed by atoms with Crippen LogP contribution in [-0.2, 0) is 15.5 Å². The second-order valence-electron chi connectivity index (χ2n) is 2.44. The molecule has 0 fully saturated rings. The molecule has 0 bridgehead atoms. The van der Waals surface area contributed by atoms with Crippen LogP contribution in [0.4, 0.5) is 4.79 Å². The van der Waals surface area contributed by atoms with Crippen LogP contribution >= 0.6 is 0 Å². The first kappa shape index (κ1) is 8.26. The van der Waals surface area contributed by atoms with Crippen LogP contribution in [0, 0.1) is 5.92 Å². The minimum absolute atomic E-state index is 0.102. The Bertz CT molecular complexity index is 253. The molecule has 0 aromatic rings. The fraction of sp³-hybridized carbons (Fsp3) is 0.500. The smallest absolute Gasteiger partial charge is 0.449 e. The van der Waals surface area contributed by atoms with Crippen molar-refractivity contribution in [2.24, 2.45) is 5.92 Å². The number of ether oxygens (including phenoxy) is 1. The Morgan fingerprint density at radius 1 is 1.64 bits per heavy atom. The number of allylic oxidation sites excluding steroid dienone is 1. The number of rotatable bonds is 2. The maximum Gasteiger partial charge on any atom is 0.511 e. The van der Waals surface area contributed by atoms with Gasteiger partial charge in [-0.1, -0.05) is 13.8 Å². The molecule has 1 atom stereocenters. The summed E-state index contributed by atoms with van der Waals surface area (Å²) in [6.45, 7) is 3.68. The first-order chi connectivity index (χ1) is 5.04. The van der Waals surface area contributed by atoms with Crippen molar-refractivity contribution < 1.29 is 18.8 Å². The largest absolute Gasteiger partial charge is 0.511 e. The van der Waals surface area contributed by atoms with E-state index in [9.17, 15) is 9.00 Å². The van der Waals surface area contributed by atoms with Crippen LogP contribution < -0.4 is 0 Å². The van der Waals surface area contributed by atoms with Crippen molar-refractivity contribution in [3.63, 3.8) is 0 Å². The number of hydrogen-bond donors (Lipinski definition) is 1. The molecule has 1 N–H and O–H groups in total. The van der Waals surface area contributed by atoms with Crippen LogP contribution in [0.15, 0.2) is 10.00 Å². The summed E-state index contributed by atoms with van der Waals surface area (Å²) in [7, 11) is -1.26. The van der Waals surface area contributed by atoms with Gasteiger partial charge in [0.05, 0.1) is 4.91 Å². The van der Waals surface area contributed by atoms with E-state index in [1.807, 2.05) is 13.8 Å². The average molecular weight is 176 g/mol. The van der Waals surface area contributed by atoms with Gasteiger partial charge in [0.15, 0.2) is 0 Å². The summed E-state index contributed by atoms with van der Waals surface area (Å²) >= 11 is 0. The Morgan fingerprint density at radius 2 is 2.18 bits per heavy atom. The van der Waals surface area contributed by atoms with Gasteiger partial charge in [0.25, 0.3) is 0 Å². The highest BCUT2D eigenvalue weighted by Crippen LogP contribution is 2.38. The van der Waals surface area contributed by atoms with Gasteiger partial charge in [-0.05, 0) is 5.92 Å². The van der Waals surface area contributed by atoms with Gasteiger partial charge in [-0.25, -0.2) is 9.00 Å². The molecule has 0 aromatic carbocycles. The Balaban J connectivity index is 2.61. The van der Waals surface area contributed by atoms with Gasteiger partial charge < -0.3 is 9.84 Å². The Hall–Kier alpha value is -0.840. The molecule has 5 heteroatoms. The lowest BCUT2D eigenvalue weighted by Crippen LogP contribution is -1.94. The summed E-state index contributed by atoms with van der Waals surface area (Å²) in [6, 6.07) is 0. The highest BCUT2D eigenvalue weighted by molar-refractivity contribution is 7.99. The SMILES string of the molecule is CC(C)C1=C(OC(=O)O)S1=O. The number of carbonyl (C=O) groups is 1. The summed E-state index contributed by atoms with van der Waals surface area (Å²) in [4.78, 5) is 10.6. The first-order valence-electron chi connectivity index (χ1n) is 3.10. The Labute approximate surface area is 66.3 Å². The van der Waals surface area contributed by atoms with Gasteiger partial charge >= 0.3 is 6.16 Å². The third-order valence-electron chi connectivity index (χ3n) is 1.23. The molecule has 62 valence electrons. The molecule has 0 radical (unpaired) electrons. The quantitative estimate of drug-likeness (QED) is 0.643. The van der Waals surface area contributed by atoms with Gasteiger partial charge in [-0.15, -0.1) is 0 Å². The molecule has 1 heterocycles. The molecule has 0 aromatic heterocycles. The molecule has 1 unspecified atom stereocenters. The van der Waals surface area contributed by atoms with E-state index in [1.54, 1.807) is 0 Å². The third kappa shape index (κ3) is 1.59. The molecular weight excluding hydrogens is 168 g/mol. The normalized spacial score (nSPS) is 22.3. The molecule has 0 amide bonds. The molecule has 1 aliphatic rings. The number of carboxylic acid groups (broad SMARTS) is 1. The van der Waals surface area contributed by atoms with Crippen molar-refractivity contribution in [1.29, 1.82) is 0 Å². The summed E-state index contributed by atoms with van der Waals surface area (Å²) in [5, 5.41) is 8.27. The molecule has 4 nitrogen and oxygen atoms in total. The fourth-order valence-electron chi connectivity index (χ4n) is 0.750. The molecule has 0 saturated carbocycles. The maximum absolute atomic E-state index is 10.8. The van der Waals surface area contributed by atoms with E-state index in [0.717, 1.165) is 0 Å². The zero-order valence-electron chi connectivity index (χ0n) is 6.16. The van der Waals surface area contributed by atoms with E-state index in [1.165, 1.54) is 0 Å². The van der Waals surface area contributed by atoms with Crippen molar-refractivity contribution in [3.05, 3.63) is 10.00 Å². The minimum Gasteiger partial charge on any atom is -0.449 e. The second kappa shape index (κ2) is 2.65. The van der Waals surface area contributed by atoms with Crippen LogP contribution in [0.3, 0.4) is 0 Å². The zero-order chi connectivity index (χ0) is 8.59. The Kier molecular flexibility index (Phi) is 1.99. The lowest BCUT2D eigenvalue weighted by atomic mass is 10.2. The van der Waals surface area contributed by atoms with Crippen molar-refractivity contribution in [1.82, 2.24) is 0 Å². The van der Waals surface area contributed by atoms with Crippen LogP contribution in [0.5, 0.6) is 0 Å². The second-order valence-corrected chi connectivity index (χ2v) is 3.79. The monoisotopic (exact) mass is 176 g/mol. The van der Waals surface area contributed by atoms with Crippen LogP contribution in [0.25, 0.3) is 0 Å². The first-order valence-corrected chi connectivity index (χ1v) is 4.25. The Morgan fingerprint density at radius 3 is 2.45 bits per heavy atom. The predicted octanol–water partition coefficient (Wildman–Crippen LogP) is 1.27. The summed E-state index contributed by atoms with van der Waals surface area (Å²) in [6.07, 6.45) is -1.40. The van der Waals surface area contributed by atoms with E-state index >= 15 is 0 Å². The molecule has 0 aliphatic carbocycles. The fourth-order valence-corrected chi connectivity index (χ4v) is 1.97. The van der Waals surface area contributed by atoms with E-state index < -0.39 is 17.0 Å². The highest BCUT2D eigenvalue weighted by Gasteiger charge is 2.39. The topological polar surface area (TPSA) is 63.6 Å². The molecule has 11 heavy (non-hydrogen) atoms. The molecular formula is C6H8O4S. The van der Waals surface area contributed by atoms with Gasteiger partial charge in [-0.2, -0.15) is 0 Å². The summed E-state index contributed by atoms with van der Waals surface area (Å²) in [5.74, 6) is 0.102. The lowest BCUT2D eigenvalue weighted by Gasteiger charge is -1.88. The highest BCUT2D eigenvalue weighted by atomic mass is 32.2. The maximum atomic E-state index is 10.8. The standard InChI is InChI=1S/C6H8O4S/c1-3(2)4-5(11(4)9)10-6(7)8/h3H,1-2H3,(H,7,8). The predicted molar refractivity (Wildman–Crippen MR) is 39.1 cm³/mol. The zero-order valence-corrected chi connectivity index (χ0v) is 6.97. The van der Waals surface area contributed by atoms with Gasteiger partial charge in [0.1, 0.15) is 10.8 Å². The molecule has 1 rings (SSSR count). The van der Waals surface area contributed by atoms with Crippen LogP contribution in [0.2, 0.25) is 0 Å². The summed E-state index contributed by atoms with van der Waals surface area (Å²) in [5.41, 5.74) is 0. The van der Waals surface area contributed by atoms with Crippen molar-refractivity contribution in [2.45, 2.75) is 13.8 Å². The van der Waals surface area contributed by atoms with E-state index in [0.29, 0.717) is 4.91 Å². The number of hydrogen-bond acceptors (Lipinski definition) is 3. The van der Waals surface area contributed by atoms with E-state index in [-0.39, 0.29) is 11.0 Å². The minimum atomic E-state index is -1.40. The summed E-state index contributed by atoms with van der Waals surface area (Å²) < 4.78 is 15.1. The van der Waals surface area contributed by atoms with Crippen LogP contribution in [0.1, 0.15) is 13.8 Å². The molecule has 1 aliphatic heterocycles. The van der Waals surface area contributed by atoms with Crippen LogP contribution in [-0.4, -0.2) is 15.5 Å². The average Bonchev–Trinajstić information content (AvgIpc) is 2.40.